The van der Waals surface area contributed by atoms with Crippen molar-refractivity contribution in [3.05, 3.63) is 21.9 Å². The summed E-state index contributed by atoms with van der Waals surface area (Å²) in [6, 6.07) is 0. The molecule has 1 aliphatic rings. The second-order valence-electron chi connectivity index (χ2n) is 4.31. The SMILES string of the molecule is Cc1cscc1C(=O)N1CCOC(CC(=O)O)C1. The highest BCUT2D eigenvalue weighted by Crippen LogP contribution is 2.18. The highest BCUT2D eigenvalue weighted by atomic mass is 32.1. The fourth-order valence-corrected chi connectivity index (χ4v) is 2.79. The first-order valence-electron chi connectivity index (χ1n) is 5.73. The molecule has 1 aromatic rings. The Bertz CT molecular complexity index is 457. The minimum atomic E-state index is -0.902. The standard InChI is InChI=1S/C12H15NO4S/c1-8-6-18-7-10(8)12(16)13-2-3-17-9(5-13)4-11(14)15/h6-7,9H,2-5H2,1H3,(H,14,15). The van der Waals surface area contributed by atoms with Crippen LogP contribution in [-0.2, 0) is 9.53 Å². The first-order chi connectivity index (χ1) is 8.58. The van der Waals surface area contributed by atoms with Crippen LogP contribution in [0.2, 0.25) is 0 Å². The Hall–Kier alpha value is -1.40. The molecule has 1 fully saturated rings. The van der Waals surface area contributed by atoms with E-state index in [1.807, 2.05) is 17.7 Å². The molecule has 1 unspecified atom stereocenters. The lowest BCUT2D eigenvalue weighted by atomic mass is 10.1. The number of amides is 1. The molecular formula is C12H15NO4S. The molecule has 18 heavy (non-hydrogen) atoms. The first-order valence-corrected chi connectivity index (χ1v) is 6.67. The van der Waals surface area contributed by atoms with Crippen molar-refractivity contribution in [1.29, 1.82) is 0 Å². The minimum absolute atomic E-state index is 0.0348. The second kappa shape index (κ2) is 5.49. The first kappa shape index (κ1) is 13.0. The molecule has 2 heterocycles. The number of carbonyl (C=O) groups excluding carboxylic acids is 1. The average Bonchev–Trinajstić information content (AvgIpc) is 2.74. The lowest BCUT2D eigenvalue weighted by Crippen LogP contribution is -2.46. The predicted octanol–water partition coefficient (Wildman–Crippen LogP) is 1.37. The number of rotatable bonds is 3. The number of aliphatic carboxylic acids is 1. The van der Waals surface area contributed by atoms with Gasteiger partial charge in [-0.2, -0.15) is 11.3 Å². The van der Waals surface area contributed by atoms with Gasteiger partial charge in [0.1, 0.15) is 0 Å². The van der Waals surface area contributed by atoms with Crippen molar-refractivity contribution in [2.24, 2.45) is 0 Å². The van der Waals surface area contributed by atoms with Crippen LogP contribution in [0, 0.1) is 6.92 Å². The minimum Gasteiger partial charge on any atom is -0.481 e. The Balaban J connectivity index is 2.03. The molecule has 6 heteroatoms. The molecule has 0 radical (unpaired) electrons. The molecule has 1 aromatic heterocycles. The van der Waals surface area contributed by atoms with Gasteiger partial charge in [0.05, 0.1) is 24.7 Å². The topological polar surface area (TPSA) is 66.8 Å². The maximum atomic E-state index is 12.2. The fraction of sp³-hybridized carbons (Fsp3) is 0.500. The highest BCUT2D eigenvalue weighted by molar-refractivity contribution is 7.08. The van der Waals surface area contributed by atoms with Crippen LogP contribution in [-0.4, -0.2) is 47.7 Å². The molecule has 0 aliphatic carbocycles. The third-order valence-electron chi connectivity index (χ3n) is 2.91. The molecule has 0 bridgehead atoms. The largest absolute Gasteiger partial charge is 0.481 e. The van der Waals surface area contributed by atoms with Crippen LogP contribution in [0.15, 0.2) is 10.8 Å². The van der Waals surface area contributed by atoms with Gasteiger partial charge in [0, 0.05) is 18.5 Å². The van der Waals surface area contributed by atoms with E-state index in [9.17, 15) is 9.59 Å². The van der Waals surface area contributed by atoms with Crippen molar-refractivity contribution in [1.82, 2.24) is 4.90 Å². The number of aryl methyl sites for hydroxylation is 1. The molecule has 1 amide bonds. The Labute approximate surface area is 109 Å². The van der Waals surface area contributed by atoms with Crippen LogP contribution < -0.4 is 0 Å². The number of nitrogens with zero attached hydrogens (tertiary/aromatic N) is 1. The maximum Gasteiger partial charge on any atom is 0.306 e. The molecule has 0 aromatic carbocycles. The molecule has 5 nitrogen and oxygen atoms in total. The van der Waals surface area contributed by atoms with Crippen LogP contribution in [0.1, 0.15) is 22.3 Å². The van der Waals surface area contributed by atoms with Crippen molar-refractivity contribution in [2.45, 2.75) is 19.4 Å². The van der Waals surface area contributed by atoms with E-state index in [4.69, 9.17) is 9.84 Å². The summed E-state index contributed by atoms with van der Waals surface area (Å²) >= 11 is 1.50. The smallest absolute Gasteiger partial charge is 0.306 e. The van der Waals surface area contributed by atoms with E-state index >= 15 is 0 Å². The summed E-state index contributed by atoms with van der Waals surface area (Å²) in [6.45, 7) is 3.16. The number of hydrogen-bond donors (Lipinski definition) is 1. The van der Waals surface area contributed by atoms with Crippen LogP contribution in [0.3, 0.4) is 0 Å². The summed E-state index contributed by atoms with van der Waals surface area (Å²) in [4.78, 5) is 24.6. The fourth-order valence-electron chi connectivity index (χ4n) is 1.97. The molecule has 1 aliphatic heterocycles. The van der Waals surface area contributed by atoms with E-state index in [-0.39, 0.29) is 12.3 Å². The number of hydrogen-bond acceptors (Lipinski definition) is 4. The van der Waals surface area contributed by atoms with E-state index < -0.39 is 12.1 Å². The molecule has 98 valence electrons. The zero-order valence-corrected chi connectivity index (χ0v) is 10.9. The van der Waals surface area contributed by atoms with Crippen molar-refractivity contribution in [3.63, 3.8) is 0 Å². The second-order valence-corrected chi connectivity index (χ2v) is 5.05. The lowest BCUT2D eigenvalue weighted by molar-refractivity contribution is -0.141. The highest BCUT2D eigenvalue weighted by Gasteiger charge is 2.27. The lowest BCUT2D eigenvalue weighted by Gasteiger charge is -2.32. The Kier molecular flexibility index (Phi) is 3.98. The van der Waals surface area contributed by atoms with Gasteiger partial charge in [-0.15, -0.1) is 0 Å². The van der Waals surface area contributed by atoms with Gasteiger partial charge in [-0.05, 0) is 17.9 Å². The maximum absolute atomic E-state index is 12.2. The van der Waals surface area contributed by atoms with Gasteiger partial charge in [0.2, 0.25) is 0 Å². The van der Waals surface area contributed by atoms with Crippen LogP contribution >= 0.6 is 11.3 Å². The van der Waals surface area contributed by atoms with Gasteiger partial charge in [0.25, 0.3) is 5.91 Å². The summed E-state index contributed by atoms with van der Waals surface area (Å²) in [7, 11) is 0. The predicted molar refractivity (Wildman–Crippen MR) is 67.0 cm³/mol. The zero-order valence-electron chi connectivity index (χ0n) is 10.1. The summed E-state index contributed by atoms with van der Waals surface area (Å²) in [6.07, 6.45) is -0.467. The number of ether oxygens (including phenoxy) is 1. The van der Waals surface area contributed by atoms with E-state index in [2.05, 4.69) is 0 Å². The van der Waals surface area contributed by atoms with Gasteiger partial charge in [-0.25, -0.2) is 0 Å². The van der Waals surface area contributed by atoms with E-state index in [1.54, 1.807) is 4.90 Å². The summed E-state index contributed by atoms with van der Waals surface area (Å²) in [5, 5.41) is 12.5. The Morgan fingerprint density at radius 3 is 2.94 bits per heavy atom. The summed E-state index contributed by atoms with van der Waals surface area (Å²) < 4.78 is 5.34. The van der Waals surface area contributed by atoms with Gasteiger partial charge in [-0.1, -0.05) is 0 Å². The molecule has 1 saturated heterocycles. The summed E-state index contributed by atoms with van der Waals surface area (Å²) in [5.41, 5.74) is 1.67. The third kappa shape index (κ3) is 2.88. The van der Waals surface area contributed by atoms with Gasteiger partial charge >= 0.3 is 5.97 Å². The van der Waals surface area contributed by atoms with Gasteiger partial charge < -0.3 is 14.7 Å². The van der Waals surface area contributed by atoms with Crippen LogP contribution in [0.5, 0.6) is 0 Å². The number of carboxylic acids is 1. The normalized spacial score (nSPS) is 19.8. The Morgan fingerprint density at radius 1 is 1.56 bits per heavy atom. The van der Waals surface area contributed by atoms with E-state index in [0.29, 0.717) is 25.3 Å². The van der Waals surface area contributed by atoms with Gasteiger partial charge in [-0.3, -0.25) is 9.59 Å². The van der Waals surface area contributed by atoms with Crippen molar-refractivity contribution >= 4 is 23.2 Å². The molecular weight excluding hydrogens is 254 g/mol. The molecule has 2 rings (SSSR count). The average molecular weight is 269 g/mol. The van der Waals surface area contributed by atoms with E-state index in [0.717, 1.165) is 5.56 Å². The quantitative estimate of drug-likeness (QED) is 0.900. The van der Waals surface area contributed by atoms with Crippen molar-refractivity contribution < 1.29 is 19.4 Å². The monoisotopic (exact) mass is 269 g/mol. The number of carboxylic acid groups (broad SMARTS) is 1. The molecule has 1 N–H and O–H groups in total. The summed E-state index contributed by atoms with van der Waals surface area (Å²) in [5.74, 6) is -0.937. The third-order valence-corrected chi connectivity index (χ3v) is 3.78. The Morgan fingerprint density at radius 2 is 2.33 bits per heavy atom. The molecule has 1 atom stereocenters. The van der Waals surface area contributed by atoms with Crippen LogP contribution in [0.25, 0.3) is 0 Å². The van der Waals surface area contributed by atoms with E-state index in [1.165, 1.54) is 11.3 Å². The molecule has 0 saturated carbocycles. The van der Waals surface area contributed by atoms with Crippen LogP contribution in [0.4, 0.5) is 0 Å². The van der Waals surface area contributed by atoms with Crippen molar-refractivity contribution in [3.8, 4) is 0 Å². The van der Waals surface area contributed by atoms with Crippen molar-refractivity contribution in [2.75, 3.05) is 19.7 Å². The van der Waals surface area contributed by atoms with Gasteiger partial charge in [0.15, 0.2) is 0 Å². The number of carbonyl (C=O) groups is 2. The zero-order chi connectivity index (χ0) is 13.1. The molecule has 0 spiro atoms. The number of morpholine rings is 1. The number of thiophene rings is 1.